The molecule has 2 aromatic rings. The second-order valence-electron chi connectivity index (χ2n) is 8.09. The Balaban J connectivity index is 1.57. The number of anilines is 3. The lowest BCUT2D eigenvalue weighted by Gasteiger charge is -2.27. The molecule has 0 unspecified atom stereocenters. The number of nitrogens with one attached hydrogen (secondary N) is 3. The zero-order chi connectivity index (χ0) is 20.1. The highest BCUT2D eigenvalue weighted by atomic mass is 16.3. The first-order chi connectivity index (χ1) is 14.2. The number of aromatic nitrogens is 4. The molecule has 0 saturated heterocycles. The van der Waals surface area contributed by atoms with Gasteiger partial charge in [-0.05, 0) is 44.9 Å². The molecule has 8 nitrogen and oxygen atoms in total. The molecule has 2 aliphatic rings. The van der Waals surface area contributed by atoms with E-state index in [2.05, 4.69) is 37.8 Å². The van der Waals surface area contributed by atoms with Crippen molar-refractivity contribution in [3.63, 3.8) is 0 Å². The van der Waals surface area contributed by atoms with E-state index in [0.717, 1.165) is 68.0 Å². The number of rotatable bonds is 9. The average molecular weight is 398 g/mol. The van der Waals surface area contributed by atoms with E-state index in [1.165, 1.54) is 12.8 Å². The van der Waals surface area contributed by atoms with Gasteiger partial charge in [0, 0.05) is 30.9 Å². The lowest BCUT2D eigenvalue weighted by molar-refractivity contribution is 0.126. The third-order valence-electron chi connectivity index (χ3n) is 5.51. The van der Waals surface area contributed by atoms with Gasteiger partial charge in [-0.15, -0.1) is 0 Å². The standard InChI is InChI=1S/C21H31N7O/c1-2-3-10-22-21-23-12-17(18-11-19(25-13-24-18)26-14-4-5-14)20(28-21)27-15-6-8-16(29)9-7-15/h11-16,29H,2-10H2,1H3,(H,24,25,26)(H2,22,23,27,28)/t15-,16-. The summed E-state index contributed by atoms with van der Waals surface area (Å²) in [6.07, 6.45) is 11.4. The van der Waals surface area contributed by atoms with E-state index in [9.17, 15) is 5.11 Å². The summed E-state index contributed by atoms with van der Waals surface area (Å²) < 4.78 is 0. The summed E-state index contributed by atoms with van der Waals surface area (Å²) in [5.41, 5.74) is 1.68. The van der Waals surface area contributed by atoms with Gasteiger partial charge in [0.15, 0.2) is 0 Å². The first kappa shape index (κ1) is 19.8. The molecule has 2 aliphatic carbocycles. The molecule has 0 radical (unpaired) electrons. The molecule has 0 aromatic carbocycles. The molecule has 0 aliphatic heterocycles. The van der Waals surface area contributed by atoms with Gasteiger partial charge >= 0.3 is 0 Å². The smallest absolute Gasteiger partial charge is 0.224 e. The van der Waals surface area contributed by atoms with E-state index in [4.69, 9.17) is 4.98 Å². The van der Waals surface area contributed by atoms with E-state index in [1.807, 2.05) is 12.3 Å². The second-order valence-corrected chi connectivity index (χ2v) is 8.09. The van der Waals surface area contributed by atoms with Gasteiger partial charge in [-0.1, -0.05) is 13.3 Å². The maximum absolute atomic E-state index is 9.81. The molecular weight excluding hydrogens is 366 g/mol. The predicted octanol–water partition coefficient (Wildman–Crippen LogP) is 3.44. The maximum atomic E-state index is 9.81. The zero-order valence-electron chi connectivity index (χ0n) is 17.1. The largest absolute Gasteiger partial charge is 0.393 e. The van der Waals surface area contributed by atoms with Crippen molar-refractivity contribution in [3.05, 3.63) is 18.6 Å². The van der Waals surface area contributed by atoms with Crippen molar-refractivity contribution in [3.8, 4) is 11.3 Å². The Kier molecular flexibility index (Phi) is 6.39. The minimum atomic E-state index is -0.179. The van der Waals surface area contributed by atoms with Crippen molar-refractivity contribution in [1.29, 1.82) is 0 Å². The summed E-state index contributed by atoms with van der Waals surface area (Å²) in [6.45, 7) is 3.02. The topological polar surface area (TPSA) is 108 Å². The molecular formula is C21H31N7O. The van der Waals surface area contributed by atoms with Crippen molar-refractivity contribution in [2.75, 3.05) is 22.5 Å². The van der Waals surface area contributed by atoms with Crippen LogP contribution in [0, 0.1) is 0 Å². The van der Waals surface area contributed by atoms with Crippen LogP contribution in [0.1, 0.15) is 58.3 Å². The summed E-state index contributed by atoms with van der Waals surface area (Å²) >= 11 is 0. The third-order valence-corrected chi connectivity index (χ3v) is 5.51. The fourth-order valence-corrected chi connectivity index (χ4v) is 3.58. The lowest BCUT2D eigenvalue weighted by atomic mass is 9.93. The highest BCUT2D eigenvalue weighted by molar-refractivity contribution is 5.74. The fourth-order valence-electron chi connectivity index (χ4n) is 3.58. The SMILES string of the molecule is CCCCNc1ncc(-c2cc(NC3CC3)ncn2)c(N[C@H]2CC[C@H](O)CC2)n1. The Labute approximate surface area is 172 Å². The van der Waals surface area contributed by atoms with Gasteiger partial charge < -0.3 is 21.1 Å². The van der Waals surface area contributed by atoms with E-state index in [1.54, 1.807) is 6.33 Å². The van der Waals surface area contributed by atoms with Crippen LogP contribution >= 0.6 is 0 Å². The Hall–Kier alpha value is -2.48. The summed E-state index contributed by atoms with van der Waals surface area (Å²) in [5, 5.41) is 20.1. The summed E-state index contributed by atoms with van der Waals surface area (Å²) in [5.74, 6) is 2.26. The summed E-state index contributed by atoms with van der Waals surface area (Å²) in [7, 11) is 0. The van der Waals surface area contributed by atoms with Crippen LogP contribution < -0.4 is 16.0 Å². The van der Waals surface area contributed by atoms with E-state index in [0.29, 0.717) is 18.0 Å². The zero-order valence-corrected chi connectivity index (χ0v) is 17.1. The highest BCUT2D eigenvalue weighted by Gasteiger charge is 2.23. The van der Waals surface area contributed by atoms with Gasteiger partial charge in [0.05, 0.1) is 17.4 Å². The van der Waals surface area contributed by atoms with Crippen LogP contribution in [0.3, 0.4) is 0 Å². The third kappa shape index (κ3) is 5.53. The minimum absolute atomic E-state index is 0.179. The van der Waals surface area contributed by atoms with Crippen molar-refractivity contribution in [1.82, 2.24) is 19.9 Å². The van der Waals surface area contributed by atoms with E-state index in [-0.39, 0.29) is 6.10 Å². The molecule has 156 valence electrons. The quantitative estimate of drug-likeness (QED) is 0.477. The predicted molar refractivity (Wildman–Crippen MR) is 115 cm³/mol. The van der Waals surface area contributed by atoms with Gasteiger partial charge in [-0.3, -0.25) is 0 Å². The van der Waals surface area contributed by atoms with Crippen LogP contribution in [0.25, 0.3) is 11.3 Å². The van der Waals surface area contributed by atoms with Crippen molar-refractivity contribution in [2.45, 2.75) is 76.5 Å². The lowest BCUT2D eigenvalue weighted by Crippen LogP contribution is -2.29. The Morgan fingerprint density at radius 3 is 2.52 bits per heavy atom. The Morgan fingerprint density at radius 2 is 1.76 bits per heavy atom. The number of hydrogen-bond donors (Lipinski definition) is 4. The Bertz CT molecular complexity index is 803. The van der Waals surface area contributed by atoms with Gasteiger partial charge in [0.2, 0.25) is 5.95 Å². The van der Waals surface area contributed by atoms with Crippen LogP contribution in [0.15, 0.2) is 18.6 Å². The first-order valence-corrected chi connectivity index (χ1v) is 10.9. The van der Waals surface area contributed by atoms with Crippen molar-refractivity contribution >= 4 is 17.6 Å². The van der Waals surface area contributed by atoms with Crippen LogP contribution in [0.2, 0.25) is 0 Å². The first-order valence-electron chi connectivity index (χ1n) is 10.9. The van der Waals surface area contributed by atoms with Gasteiger partial charge in [-0.25, -0.2) is 15.0 Å². The average Bonchev–Trinajstić information content (AvgIpc) is 3.54. The monoisotopic (exact) mass is 397 g/mol. The number of hydrogen-bond acceptors (Lipinski definition) is 8. The minimum Gasteiger partial charge on any atom is -0.393 e. The molecule has 0 amide bonds. The number of unbranched alkanes of at least 4 members (excludes halogenated alkanes) is 1. The Morgan fingerprint density at radius 1 is 1.00 bits per heavy atom. The highest BCUT2D eigenvalue weighted by Crippen LogP contribution is 2.30. The molecule has 2 heterocycles. The summed E-state index contributed by atoms with van der Waals surface area (Å²) in [4.78, 5) is 18.1. The van der Waals surface area contributed by atoms with Gasteiger partial charge in [-0.2, -0.15) is 4.98 Å². The van der Waals surface area contributed by atoms with Gasteiger partial charge in [0.1, 0.15) is 18.0 Å². The molecule has 4 rings (SSSR count). The number of nitrogens with zero attached hydrogens (tertiary/aromatic N) is 4. The van der Waals surface area contributed by atoms with Crippen molar-refractivity contribution in [2.24, 2.45) is 0 Å². The summed E-state index contributed by atoms with van der Waals surface area (Å²) in [6, 6.07) is 2.80. The van der Waals surface area contributed by atoms with Gasteiger partial charge in [0.25, 0.3) is 0 Å². The van der Waals surface area contributed by atoms with E-state index < -0.39 is 0 Å². The molecule has 0 spiro atoms. The van der Waals surface area contributed by atoms with Crippen LogP contribution in [0.5, 0.6) is 0 Å². The van der Waals surface area contributed by atoms with E-state index >= 15 is 0 Å². The maximum Gasteiger partial charge on any atom is 0.224 e. The molecule has 29 heavy (non-hydrogen) atoms. The molecule has 0 bridgehead atoms. The number of aliphatic hydroxyl groups excluding tert-OH is 1. The molecule has 4 N–H and O–H groups in total. The molecule has 2 saturated carbocycles. The van der Waals surface area contributed by atoms with Crippen molar-refractivity contribution < 1.29 is 5.11 Å². The van der Waals surface area contributed by atoms with Crippen LogP contribution in [-0.2, 0) is 0 Å². The molecule has 2 aromatic heterocycles. The molecule has 0 atom stereocenters. The van der Waals surface area contributed by atoms with Crippen LogP contribution in [0.4, 0.5) is 17.6 Å². The molecule has 8 heteroatoms. The van der Waals surface area contributed by atoms with Crippen LogP contribution in [-0.4, -0.2) is 49.8 Å². The number of aliphatic hydroxyl groups is 1. The fraction of sp³-hybridized carbons (Fsp3) is 0.619. The second kappa shape index (κ2) is 9.35. The normalized spacial score (nSPS) is 21.6. The molecule has 2 fully saturated rings.